The van der Waals surface area contributed by atoms with E-state index in [9.17, 15) is 14.7 Å². The molecule has 0 bridgehead atoms. The van der Waals surface area contributed by atoms with Crippen molar-refractivity contribution in [2.75, 3.05) is 10.6 Å². The number of nitrogens with two attached hydrogens (primary N) is 1. The first kappa shape index (κ1) is 19.0. The van der Waals surface area contributed by atoms with Gasteiger partial charge in [0.15, 0.2) is 0 Å². The third-order valence-corrected chi connectivity index (χ3v) is 6.03. The molecule has 0 radical (unpaired) electrons. The molecule has 0 unspecified atom stereocenters. The second-order valence-electron chi connectivity index (χ2n) is 8.08. The van der Waals surface area contributed by atoms with Gasteiger partial charge < -0.3 is 26.8 Å². The van der Waals surface area contributed by atoms with Crippen molar-refractivity contribution in [3.8, 4) is 0 Å². The SMILES string of the molecule is NC(=O)c1cnc(NC2(C3(NC(=O)O)CC3)CC2)nc1Nc1ccc2ncccc2c1. The lowest BCUT2D eigenvalue weighted by Gasteiger charge is -2.28. The Morgan fingerprint density at radius 1 is 1.06 bits per heavy atom. The Kier molecular flexibility index (Phi) is 4.17. The van der Waals surface area contributed by atoms with E-state index in [0.717, 1.165) is 42.3 Å². The van der Waals surface area contributed by atoms with Crippen molar-refractivity contribution in [2.45, 2.75) is 36.8 Å². The minimum Gasteiger partial charge on any atom is -0.465 e. The van der Waals surface area contributed by atoms with Crippen LogP contribution in [0.25, 0.3) is 10.9 Å². The zero-order valence-corrected chi connectivity index (χ0v) is 16.6. The van der Waals surface area contributed by atoms with Crippen LogP contribution in [0.3, 0.4) is 0 Å². The summed E-state index contributed by atoms with van der Waals surface area (Å²) in [6, 6.07) is 9.41. The monoisotopic (exact) mass is 419 g/mol. The molecular formula is C21H21N7O3. The first-order valence-corrected chi connectivity index (χ1v) is 9.98. The van der Waals surface area contributed by atoms with E-state index < -0.39 is 23.1 Å². The molecule has 2 fully saturated rings. The van der Waals surface area contributed by atoms with E-state index in [1.165, 1.54) is 6.20 Å². The van der Waals surface area contributed by atoms with Crippen molar-refractivity contribution in [1.29, 1.82) is 0 Å². The van der Waals surface area contributed by atoms with E-state index in [2.05, 4.69) is 30.9 Å². The fourth-order valence-corrected chi connectivity index (χ4v) is 4.12. The highest BCUT2D eigenvalue weighted by Gasteiger charge is 2.67. The fourth-order valence-electron chi connectivity index (χ4n) is 4.12. The Bertz CT molecular complexity index is 1200. The summed E-state index contributed by atoms with van der Waals surface area (Å²) in [5, 5.41) is 19.2. The number of carbonyl (C=O) groups is 2. The van der Waals surface area contributed by atoms with E-state index >= 15 is 0 Å². The van der Waals surface area contributed by atoms with Crippen LogP contribution < -0.4 is 21.7 Å². The zero-order valence-electron chi connectivity index (χ0n) is 16.6. The molecule has 0 spiro atoms. The Hall–Kier alpha value is -3.95. The van der Waals surface area contributed by atoms with Crippen LogP contribution in [0.1, 0.15) is 36.0 Å². The van der Waals surface area contributed by atoms with Gasteiger partial charge in [0.1, 0.15) is 11.4 Å². The van der Waals surface area contributed by atoms with Crippen LogP contribution in [0, 0.1) is 0 Å². The molecule has 0 atom stereocenters. The van der Waals surface area contributed by atoms with Gasteiger partial charge in [-0.15, -0.1) is 0 Å². The number of aromatic nitrogens is 3. The Morgan fingerprint density at radius 2 is 1.84 bits per heavy atom. The van der Waals surface area contributed by atoms with Crippen LogP contribution in [0.15, 0.2) is 42.7 Å². The van der Waals surface area contributed by atoms with Gasteiger partial charge in [0, 0.05) is 23.5 Å². The number of nitrogens with one attached hydrogen (secondary N) is 3. The summed E-state index contributed by atoms with van der Waals surface area (Å²) < 4.78 is 0. The van der Waals surface area contributed by atoms with Gasteiger partial charge in [-0.25, -0.2) is 9.78 Å². The van der Waals surface area contributed by atoms with Crippen molar-refractivity contribution in [3.05, 3.63) is 48.3 Å². The molecule has 2 aliphatic rings. The first-order chi connectivity index (χ1) is 14.9. The van der Waals surface area contributed by atoms with Crippen LogP contribution in [0.4, 0.5) is 22.2 Å². The molecule has 1 aromatic carbocycles. The minimum absolute atomic E-state index is 0.159. The highest BCUT2D eigenvalue weighted by molar-refractivity contribution is 5.98. The van der Waals surface area contributed by atoms with Crippen molar-refractivity contribution in [1.82, 2.24) is 20.3 Å². The quantitative estimate of drug-likeness (QED) is 0.391. The average molecular weight is 419 g/mol. The summed E-state index contributed by atoms with van der Waals surface area (Å²) in [5.41, 5.74) is 6.34. The van der Waals surface area contributed by atoms with Crippen molar-refractivity contribution >= 4 is 40.4 Å². The lowest BCUT2D eigenvalue weighted by atomic mass is 10.0. The topological polar surface area (TPSA) is 155 Å². The summed E-state index contributed by atoms with van der Waals surface area (Å²) in [5.74, 6) is -0.0603. The Morgan fingerprint density at radius 3 is 2.52 bits per heavy atom. The molecule has 5 rings (SSSR count). The van der Waals surface area contributed by atoms with E-state index in [0.29, 0.717) is 5.95 Å². The molecule has 10 heteroatoms. The molecule has 6 N–H and O–H groups in total. The molecule has 158 valence electrons. The largest absolute Gasteiger partial charge is 0.465 e. The predicted octanol–water partition coefficient (Wildman–Crippen LogP) is 2.61. The first-order valence-electron chi connectivity index (χ1n) is 9.98. The maximum atomic E-state index is 11.9. The molecule has 0 aliphatic heterocycles. The number of benzene rings is 1. The normalized spacial score (nSPS) is 17.5. The number of primary amides is 1. The van der Waals surface area contributed by atoms with Gasteiger partial charge in [-0.2, -0.15) is 4.98 Å². The second-order valence-corrected chi connectivity index (χ2v) is 8.08. The van der Waals surface area contributed by atoms with E-state index in [1.807, 2.05) is 30.3 Å². The van der Waals surface area contributed by atoms with Gasteiger partial charge in [-0.1, -0.05) is 6.07 Å². The highest BCUT2D eigenvalue weighted by atomic mass is 16.4. The third-order valence-electron chi connectivity index (χ3n) is 6.03. The van der Waals surface area contributed by atoms with Crippen molar-refractivity contribution in [3.63, 3.8) is 0 Å². The van der Waals surface area contributed by atoms with Crippen LogP contribution >= 0.6 is 0 Å². The van der Waals surface area contributed by atoms with Crippen LogP contribution in [-0.2, 0) is 0 Å². The summed E-state index contributed by atoms with van der Waals surface area (Å²) in [6.45, 7) is 0. The van der Waals surface area contributed by atoms with Crippen LogP contribution in [-0.4, -0.2) is 43.1 Å². The van der Waals surface area contributed by atoms with Gasteiger partial charge in [-0.3, -0.25) is 9.78 Å². The van der Waals surface area contributed by atoms with Gasteiger partial charge in [-0.05, 0) is 49.9 Å². The number of rotatable bonds is 7. The number of hydrogen-bond acceptors (Lipinski definition) is 7. The fraction of sp³-hybridized carbons (Fsp3) is 0.286. The number of nitrogens with zero attached hydrogens (tertiary/aromatic N) is 3. The number of pyridine rings is 1. The molecule has 2 amide bonds. The molecule has 2 aliphatic carbocycles. The maximum absolute atomic E-state index is 11.9. The molecule has 0 saturated heterocycles. The average Bonchev–Trinajstić information content (AvgIpc) is 3.65. The lowest BCUT2D eigenvalue weighted by Crippen LogP contribution is -2.51. The molecular weight excluding hydrogens is 398 g/mol. The number of anilines is 3. The van der Waals surface area contributed by atoms with Crippen LogP contribution in [0.2, 0.25) is 0 Å². The van der Waals surface area contributed by atoms with Gasteiger partial charge >= 0.3 is 6.09 Å². The second kappa shape index (κ2) is 6.79. The van der Waals surface area contributed by atoms with Crippen molar-refractivity contribution in [2.24, 2.45) is 5.73 Å². The standard InChI is InChI=1S/C21H21N7O3/c22-16(29)14-11-24-18(27-20(5-6-20)21(7-8-21)28-19(30)31)26-17(14)25-13-3-4-15-12(10-13)2-1-9-23-15/h1-4,9-11,28H,5-8H2,(H2,22,29)(H,30,31)(H2,24,25,26,27). The number of hydrogen-bond donors (Lipinski definition) is 5. The predicted molar refractivity (Wildman–Crippen MR) is 114 cm³/mol. The molecule has 10 nitrogen and oxygen atoms in total. The molecule has 2 saturated carbocycles. The number of fused-ring (bicyclic) bond motifs is 1. The Balaban J connectivity index is 1.44. The summed E-state index contributed by atoms with van der Waals surface area (Å²) in [4.78, 5) is 36.2. The summed E-state index contributed by atoms with van der Waals surface area (Å²) in [7, 11) is 0. The van der Waals surface area contributed by atoms with E-state index in [-0.39, 0.29) is 11.4 Å². The highest BCUT2D eigenvalue weighted by Crippen LogP contribution is 2.58. The summed E-state index contributed by atoms with van der Waals surface area (Å²) >= 11 is 0. The zero-order chi connectivity index (χ0) is 21.6. The number of amides is 2. The van der Waals surface area contributed by atoms with Crippen molar-refractivity contribution < 1.29 is 14.7 Å². The molecule has 3 aromatic rings. The third kappa shape index (κ3) is 3.45. The smallest absolute Gasteiger partial charge is 0.405 e. The number of carboxylic acid groups (broad SMARTS) is 1. The van der Waals surface area contributed by atoms with E-state index in [4.69, 9.17) is 5.73 Å². The molecule has 31 heavy (non-hydrogen) atoms. The molecule has 2 aromatic heterocycles. The minimum atomic E-state index is -1.04. The molecule has 2 heterocycles. The maximum Gasteiger partial charge on any atom is 0.405 e. The van der Waals surface area contributed by atoms with E-state index in [1.54, 1.807) is 6.20 Å². The Labute approximate surface area is 177 Å². The number of carbonyl (C=O) groups excluding carboxylic acids is 1. The van der Waals surface area contributed by atoms with Gasteiger partial charge in [0.05, 0.1) is 16.6 Å². The van der Waals surface area contributed by atoms with Crippen LogP contribution in [0.5, 0.6) is 0 Å². The lowest BCUT2D eigenvalue weighted by molar-refractivity contribution is 0.100. The van der Waals surface area contributed by atoms with Gasteiger partial charge in [0.2, 0.25) is 5.95 Å². The van der Waals surface area contributed by atoms with Gasteiger partial charge in [0.25, 0.3) is 5.91 Å². The summed E-state index contributed by atoms with van der Waals surface area (Å²) in [6.07, 6.45) is 5.22.